The summed E-state index contributed by atoms with van der Waals surface area (Å²) in [5.41, 5.74) is 0.893. The number of likely N-dealkylation sites (N-methyl/N-ethyl adjacent to an activating group) is 1. The number of hydrogen-bond acceptors (Lipinski definition) is 3. The topological polar surface area (TPSA) is 40.5 Å². The van der Waals surface area contributed by atoms with Gasteiger partial charge in [0.15, 0.2) is 0 Å². The molecule has 0 aliphatic carbocycles. The Hall–Kier alpha value is -1.14. The molecule has 0 bridgehead atoms. The highest BCUT2D eigenvalue weighted by Crippen LogP contribution is 2.25. The summed E-state index contributed by atoms with van der Waals surface area (Å²) in [7, 11) is 1.71. The summed E-state index contributed by atoms with van der Waals surface area (Å²) in [6, 6.07) is 6.11. The monoisotopic (exact) mass is 275 g/mol. The molecule has 0 saturated heterocycles. The number of hydrogen-bond donors (Lipinski definition) is 1. The first-order valence-electron chi connectivity index (χ1n) is 5.37. The molecule has 0 aromatic heterocycles. The Bertz CT molecular complexity index is 398. The Balaban J connectivity index is 2.60. The quantitative estimate of drug-likeness (QED) is 0.810. The van der Waals surface area contributed by atoms with Crippen molar-refractivity contribution in [1.82, 2.24) is 4.90 Å². The van der Waals surface area contributed by atoms with Gasteiger partial charge in [-0.15, -0.1) is 0 Å². The molecule has 6 heteroatoms. The smallest absolute Gasteiger partial charge is 0.320 e. The van der Waals surface area contributed by atoms with Gasteiger partial charge in [0.25, 0.3) is 5.76 Å². The average molecular weight is 275 g/mol. The maximum atomic E-state index is 12.1. The second-order valence-electron chi connectivity index (χ2n) is 3.95. The van der Waals surface area contributed by atoms with E-state index in [1.807, 2.05) is 0 Å². The van der Waals surface area contributed by atoms with Crippen molar-refractivity contribution in [1.29, 1.82) is 0 Å². The Morgan fingerprint density at radius 2 is 1.94 bits per heavy atom. The number of carboxylic acids is 1. The molecule has 100 valence electrons. The fraction of sp³-hybridized carbons (Fsp3) is 0.417. The number of thioether (sulfide) groups is 1. The van der Waals surface area contributed by atoms with Crippen LogP contribution in [-0.2, 0) is 11.3 Å². The minimum absolute atomic E-state index is 0.465. The predicted molar refractivity (Wildman–Crippen MR) is 66.9 cm³/mol. The minimum Gasteiger partial charge on any atom is -0.480 e. The van der Waals surface area contributed by atoms with Crippen LogP contribution in [0, 0.1) is 0 Å². The van der Waals surface area contributed by atoms with Crippen molar-refractivity contribution in [2.75, 3.05) is 7.05 Å². The number of halogens is 2. The number of carboxylic acid groups (broad SMARTS) is 1. The van der Waals surface area contributed by atoms with Crippen LogP contribution >= 0.6 is 11.8 Å². The highest BCUT2D eigenvalue weighted by Gasteiger charge is 2.16. The van der Waals surface area contributed by atoms with Crippen LogP contribution in [0.15, 0.2) is 29.2 Å². The zero-order valence-electron chi connectivity index (χ0n) is 10.1. The van der Waals surface area contributed by atoms with E-state index in [1.54, 1.807) is 43.1 Å². The maximum Gasteiger partial charge on any atom is 0.320 e. The summed E-state index contributed by atoms with van der Waals surface area (Å²) in [6.45, 7) is 2.07. The molecule has 0 amide bonds. The fourth-order valence-electron chi connectivity index (χ4n) is 1.39. The molecular weight excluding hydrogens is 260 g/mol. The molecule has 0 saturated carbocycles. The lowest BCUT2D eigenvalue weighted by atomic mass is 10.2. The zero-order chi connectivity index (χ0) is 13.7. The van der Waals surface area contributed by atoms with Crippen LogP contribution in [-0.4, -0.2) is 34.8 Å². The molecule has 3 nitrogen and oxygen atoms in total. The molecule has 0 fully saturated rings. The van der Waals surface area contributed by atoms with Gasteiger partial charge in [0, 0.05) is 11.4 Å². The van der Waals surface area contributed by atoms with Gasteiger partial charge in [0.2, 0.25) is 0 Å². The van der Waals surface area contributed by atoms with Crippen molar-refractivity contribution < 1.29 is 18.7 Å². The molecule has 1 rings (SSSR count). The zero-order valence-corrected chi connectivity index (χ0v) is 11.0. The fourth-order valence-corrected chi connectivity index (χ4v) is 1.89. The van der Waals surface area contributed by atoms with Gasteiger partial charge in [-0.2, -0.15) is 8.78 Å². The lowest BCUT2D eigenvalue weighted by Crippen LogP contribution is -2.35. The van der Waals surface area contributed by atoms with Crippen LogP contribution < -0.4 is 0 Å². The molecular formula is C12H15F2NO2S. The normalized spacial score (nSPS) is 13.0. The maximum absolute atomic E-state index is 12.1. The summed E-state index contributed by atoms with van der Waals surface area (Å²) >= 11 is 0.496. The SMILES string of the molecule is CC(C(=O)O)N(C)Cc1ccc(SC(F)F)cc1. The summed E-state index contributed by atoms with van der Waals surface area (Å²) in [6.07, 6.45) is 0. The van der Waals surface area contributed by atoms with Crippen molar-refractivity contribution >= 4 is 17.7 Å². The van der Waals surface area contributed by atoms with E-state index in [0.29, 0.717) is 23.2 Å². The van der Waals surface area contributed by atoms with Crippen LogP contribution in [0.1, 0.15) is 12.5 Å². The third kappa shape index (κ3) is 4.62. The molecule has 1 aromatic rings. The third-order valence-corrected chi connectivity index (χ3v) is 3.32. The van der Waals surface area contributed by atoms with Crippen molar-refractivity contribution in [2.45, 2.75) is 30.2 Å². The van der Waals surface area contributed by atoms with E-state index >= 15 is 0 Å². The molecule has 0 radical (unpaired) electrons. The number of benzene rings is 1. The Kier molecular flexibility index (Phi) is 5.55. The van der Waals surface area contributed by atoms with E-state index in [4.69, 9.17) is 5.11 Å². The van der Waals surface area contributed by atoms with Crippen molar-refractivity contribution in [3.8, 4) is 0 Å². The first kappa shape index (κ1) is 14.9. The molecule has 1 aromatic carbocycles. The average Bonchev–Trinajstić information content (AvgIpc) is 2.29. The van der Waals surface area contributed by atoms with E-state index in [2.05, 4.69) is 0 Å². The van der Waals surface area contributed by atoms with Gasteiger partial charge in [-0.3, -0.25) is 9.69 Å². The van der Waals surface area contributed by atoms with Gasteiger partial charge in [-0.25, -0.2) is 0 Å². The molecule has 0 spiro atoms. The highest BCUT2D eigenvalue weighted by molar-refractivity contribution is 7.99. The lowest BCUT2D eigenvalue weighted by Gasteiger charge is -2.21. The largest absolute Gasteiger partial charge is 0.480 e. The Morgan fingerprint density at radius 3 is 2.39 bits per heavy atom. The summed E-state index contributed by atoms with van der Waals surface area (Å²) < 4.78 is 24.2. The first-order chi connectivity index (χ1) is 8.40. The number of carbonyl (C=O) groups is 1. The molecule has 1 unspecified atom stereocenters. The number of alkyl halides is 2. The predicted octanol–water partition coefficient (Wildman–Crippen LogP) is 2.91. The first-order valence-corrected chi connectivity index (χ1v) is 6.25. The van der Waals surface area contributed by atoms with Crippen LogP contribution in [0.5, 0.6) is 0 Å². The van der Waals surface area contributed by atoms with E-state index < -0.39 is 17.8 Å². The van der Waals surface area contributed by atoms with Gasteiger partial charge in [0.1, 0.15) is 6.04 Å². The molecule has 0 aliphatic heterocycles. The second-order valence-corrected chi connectivity index (χ2v) is 5.02. The summed E-state index contributed by atoms with van der Waals surface area (Å²) in [5, 5.41) is 8.85. The number of aliphatic carboxylic acids is 1. The molecule has 0 heterocycles. The van der Waals surface area contributed by atoms with Gasteiger partial charge >= 0.3 is 5.97 Å². The van der Waals surface area contributed by atoms with E-state index in [-0.39, 0.29) is 0 Å². The van der Waals surface area contributed by atoms with Crippen LogP contribution in [0.2, 0.25) is 0 Å². The van der Waals surface area contributed by atoms with Crippen LogP contribution in [0.25, 0.3) is 0 Å². The molecule has 1 atom stereocenters. The Labute approximate surface area is 109 Å². The van der Waals surface area contributed by atoms with Gasteiger partial charge in [0.05, 0.1) is 0 Å². The van der Waals surface area contributed by atoms with E-state index in [1.165, 1.54) is 0 Å². The second kappa shape index (κ2) is 6.70. The van der Waals surface area contributed by atoms with Gasteiger partial charge in [-0.05, 0) is 31.7 Å². The molecule has 0 aliphatic rings. The lowest BCUT2D eigenvalue weighted by molar-refractivity contribution is -0.142. The van der Waals surface area contributed by atoms with Crippen molar-refractivity contribution in [2.24, 2.45) is 0 Å². The Morgan fingerprint density at radius 1 is 1.39 bits per heavy atom. The van der Waals surface area contributed by atoms with E-state index in [0.717, 1.165) is 5.56 Å². The summed E-state index contributed by atoms with van der Waals surface area (Å²) in [4.78, 5) is 13.0. The number of nitrogens with zero attached hydrogens (tertiary/aromatic N) is 1. The van der Waals surface area contributed by atoms with Crippen LogP contribution in [0.3, 0.4) is 0 Å². The summed E-state index contributed by atoms with van der Waals surface area (Å²) in [5.74, 6) is -3.31. The molecule has 1 N–H and O–H groups in total. The van der Waals surface area contributed by atoms with Gasteiger partial charge < -0.3 is 5.11 Å². The minimum atomic E-state index is -2.43. The van der Waals surface area contributed by atoms with Crippen LogP contribution in [0.4, 0.5) is 8.78 Å². The molecule has 18 heavy (non-hydrogen) atoms. The highest BCUT2D eigenvalue weighted by atomic mass is 32.2. The van der Waals surface area contributed by atoms with Crippen molar-refractivity contribution in [3.05, 3.63) is 29.8 Å². The number of rotatable bonds is 6. The van der Waals surface area contributed by atoms with E-state index in [9.17, 15) is 13.6 Å². The standard InChI is InChI=1S/C12H15F2NO2S/c1-8(11(16)17)15(2)7-9-3-5-10(6-4-9)18-12(13)14/h3-6,8,12H,7H2,1-2H3,(H,16,17). The third-order valence-electron chi connectivity index (χ3n) is 2.60. The van der Waals surface area contributed by atoms with Crippen molar-refractivity contribution in [3.63, 3.8) is 0 Å². The van der Waals surface area contributed by atoms with Gasteiger partial charge in [-0.1, -0.05) is 23.9 Å².